The van der Waals surface area contributed by atoms with Crippen molar-refractivity contribution in [2.24, 2.45) is 0 Å². The molecule has 10 aromatic rings. The number of rotatable bonds is 6. The molecule has 10 rings (SSSR count). The van der Waals surface area contributed by atoms with Crippen molar-refractivity contribution in [1.29, 1.82) is 0 Å². The second-order valence-electron chi connectivity index (χ2n) is 13.3. The number of hydrogen-bond acceptors (Lipinski definition) is 2. The molecule has 0 aliphatic heterocycles. The Labute approximate surface area is 307 Å². The molecule has 244 valence electrons. The lowest BCUT2D eigenvalue weighted by Gasteiger charge is -2.28. The second kappa shape index (κ2) is 12.7. The van der Waals surface area contributed by atoms with Crippen LogP contribution in [-0.4, -0.2) is 0 Å². The lowest BCUT2D eigenvalue weighted by atomic mass is 9.96. The van der Waals surface area contributed by atoms with E-state index in [2.05, 4.69) is 205 Å². The molecule has 2 heteroatoms. The number of hydrogen-bond donors (Lipinski definition) is 0. The van der Waals surface area contributed by atoms with Crippen LogP contribution in [0.1, 0.15) is 0 Å². The Morgan fingerprint density at radius 2 is 0.904 bits per heavy atom. The number of thiophene rings is 1. The van der Waals surface area contributed by atoms with E-state index in [-0.39, 0.29) is 0 Å². The van der Waals surface area contributed by atoms with Crippen LogP contribution < -0.4 is 4.90 Å². The first kappa shape index (κ1) is 30.4. The van der Waals surface area contributed by atoms with Gasteiger partial charge in [0, 0.05) is 37.1 Å². The summed E-state index contributed by atoms with van der Waals surface area (Å²) in [6.07, 6.45) is 0. The molecule has 0 radical (unpaired) electrons. The van der Waals surface area contributed by atoms with Crippen LogP contribution in [0, 0.1) is 0 Å². The standard InChI is InChI=1S/C50H33NS/c1-2-11-34(12-3-1)35-23-28-40(29-24-35)51(41-30-25-37(26-31-41)45-17-10-18-47-46-16-7-9-20-49(46)52-50(45)47)48-19-8-6-15-44(48)39-27-32-43-38(33-39)22-21-36-13-4-5-14-42(36)43/h1-33H. The summed E-state index contributed by atoms with van der Waals surface area (Å²) in [5.74, 6) is 0. The molecule has 0 fully saturated rings. The molecule has 0 saturated heterocycles. The van der Waals surface area contributed by atoms with Gasteiger partial charge in [-0.15, -0.1) is 11.3 Å². The van der Waals surface area contributed by atoms with Gasteiger partial charge in [0.25, 0.3) is 0 Å². The number of para-hydroxylation sites is 1. The molecule has 1 nitrogen and oxygen atoms in total. The molecule has 0 aliphatic carbocycles. The first-order valence-corrected chi connectivity index (χ1v) is 18.6. The third-order valence-corrected chi connectivity index (χ3v) is 11.5. The van der Waals surface area contributed by atoms with E-state index in [4.69, 9.17) is 0 Å². The van der Waals surface area contributed by atoms with Gasteiger partial charge in [-0.05, 0) is 91.8 Å². The molecule has 0 atom stereocenters. The van der Waals surface area contributed by atoms with E-state index >= 15 is 0 Å². The Kier molecular flexibility index (Phi) is 7.41. The molecule has 1 heterocycles. The van der Waals surface area contributed by atoms with Crippen LogP contribution in [0.5, 0.6) is 0 Å². The van der Waals surface area contributed by atoms with Crippen LogP contribution in [0.2, 0.25) is 0 Å². The van der Waals surface area contributed by atoms with Gasteiger partial charge in [-0.25, -0.2) is 0 Å². The normalized spacial score (nSPS) is 11.5. The van der Waals surface area contributed by atoms with E-state index in [9.17, 15) is 0 Å². The van der Waals surface area contributed by atoms with Crippen molar-refractivity contribution in [1.82, 2.24) is 0 Å². The molecule has 0 amide bonds. The fraction of sp³-hybridized carbons (Fsp3) is 0. The highest BCUT2D eigenvalue weighted by molar-refractivity contribution is 7.26. The monoisotopic (exact) mass is 679 g/mol. The maximum atomic E-state index is 2.40. The predicted octanol–water partition coefficient (Wildman–Crippen LogP) is 14.8. The minimum atomic E-state index is 1.11. The van der Waals surface area contributed by atoms with Gasteiger partial charge in [0.15, 0.2) is 0 Å². The van der Waals surface area contributed by atoms with Crippen molar-refractivity contribution in [3.63, 3.8) is 0 Å². The summed E-state index contributed by atoms with van der Waals surface area (Å²) in [7, 11) is 0. The van der Waals surface area contributed by atoms with Crippen molar-refractivity contribution in [2.75, 3.05) is 4.90 Å². The Balaban J connectivity index is 1.11. The number of fused-ring (bicyclic) bond motifs is 6. The van der Waals surface area contributed by atoms with E-state index in [1.165, 1.54) is 75.1 Å². The lowest BCUT2D eigenvalue weighted by Crippen LogP contribution is -2.11. The molecule has 0 N–H and O–H groups in total. The summed E-state index contributed by atoms with van der Waals surface area (Å²) in [5.41, 5.74) is 10.6. The molecule has 0 bridgehead atoms. The summed E-state index contributed by atoms with van der Waals surface area (Å²) in [6, 6.07) is 72.9. The average molecular weight is 680 g/mol. The zero-order chi connectivity index (χ0) is 34.4. The maximum Gasteiger partial charge on any atom is 0.0540 e. The first-order chi connectivity index (χ1) is 25.8. The van der Waals surface area contributed by atoms with E-state index < -0.39 is 0 Å². The van der Waals surface area contributed by atoms with Gasteiger partial charge in [-0.3, -0.25) is 0 Å². The van der Waals surface area contributed by atoms with E-state index in [0.717, 1.165) is 17.1 Å². The molecule has 9 aromatic carbocycles. The fourth-order valence-corrected chi connectivity index (χ4v) is 8.96. The van der Waals surface area contributed by atoms with Crippen LogP contribution in [0.3, 0.4) is 0 Å². The van der Waals surface area contributed by atoms with E-state index in [0.29, 0.717) is 0 Å². The zero-order valence-corrected chi connectivity index (χ0v) is 29.2. The average Bonchev–Trinajstić information content (AvgIpc) is 3.61. The summed E-state index contributed by atoms with van der Waals surface area (Å²) in [4.78, 5) is 2.40. The van der Waals surface area contributed by atoms with Gasteiger partial charge in [0.05, 0.1) is 5.69 Å². The Morgan fingerprint density at radius 1 is 0.327 bits per heavy atom. The molecule has 0 spiro atoms. The number of anilines is 3. The SMILES string of the molecule is c1ccc(-c2ccc(N(c3ccc(-c4cccc5c4sc4ccccc45)cc3)c3ccccc3-c3ccc4c(ccc5ccccc54)c3)cc2)cc1. The van der Waals surface area contributed by atoms with Crippen LogP contribution in [0.4, 0.5) is 17.1 Å². The van der Waals surface area contributed by atoms with Crippen LogP contribution >= 0.6 is 11.3 Å². The van der Waals surface area contributed by atoms with Gasteiger partial charge in [-0.2, -0.15) is 0 Å². The third kappa shape index (κ3) is 5.24. The first-order valence-electron chi connectivity index (χ1n) is 17.8. The van der Waals surface area contributed by atoms with Crippen molar-refractivity contribution in [2.45, 2.75) is 0 Å². The highest BCUT2D eigenvalue weighted by Crippen LogP contribution is 2.44. The summed E-state index contributed by atoms with van der Waals surface area (Å²) in [5, 5.41) is 7.71. The Hall–Kier alpha value is -6.48. The van der Waals surface area contributed by atoms with Gasteiger partial charge < -0.3 is 4.90 Å². The minimum Gasteiger partial charge on any atom is -0.310 e. The predicted molar refractivity (Wildman–Crippen MR) is 225 cm³/mol. The van der Waals surface area contributed by atoms with Gasteiger partial charge >= 0.3 is 0 Å². The summed E-state index contributed by atoms with van der Waals surface area (Å²) >= 11 is 1.88. The summed E-state index contributed by atoms with van der Waals surface area (Å²) < 4.78 is 2.66. The summed E-state index contributed by atoms with van der Waals surface area (Å²) in [6.45, 7) is 0. The van der Waals surface area contributed by atoms with Gasteiger partial charge in [-0.1, -0.05) is 158 Å². The quantitative estimate of drug-likeness (QED) is 0.158. The number of benzene rings is 9. The molecule has 0 saturated carbocycles. The van der Waals surface area contributed by atoms with Crippen molar-refractivity contribution in [3.8, 4) is 33.4 Å². The zero-order valence-electron chi connectivity index (χ0n) is 28.4. The van der Waals surface area contributed by atoms with Crippen LogP contribution in [-0.2, 0) is 0 Å². The second-order valence-corrected chi connectivity index (χ2v) is 14.4. The molecular formula is C50H33NS. The van der Waals surface area contributed by atoms with Crippen molar-refractivity contribution < 1.29 is 0 Å². The Bertz CT molecular complexity index is 2890. The maximum absolute atomic E-state index is 2.40. The fourth-order valence-electron chi connectivity index (χ4n) is 7.72. The van der Waals surface area contributed by atoms with Crippen molar-refractivity contribution >= 4 is 70.1 Å². The molecule has 0 aliphatic rings. The van der Waals surface area contributed by atoms with Gasteiger partial charge in [0.1, 0.15) is 0 Å². The molecular weight excluding hydrogens is 647 g/mol. The van der Waals surface area contributed by atoms with E-state index in [1.807, 2.05) is 11.3 Å². The highest BCUT2D eigenvalue weighted by atomic mass is 32.1. The smallest absolute Gasteiger partial charge is 0.0540 e. The molecule has 52 heavy (non-hydrogen) atoms. The third-order valence-electron chi connectivity index (χ3n) is 10.3. The highest BCUT2D eigenvalue weighted by Gasteiger charge is 2.19. The topological polar surface area (TPSA) is 3.24 Å². The number of nitrogens with zero attached hydrogens (tertiary/aromatic N) is 1. The molecule has 1 aromatic heterocycles. The van der Waals surface area contributed by atoms with Gasteiger partial charge in [0.2, 0.25) is 0 Å². The molecule has 0 unspecified atom stereocenters. The van der Waals surface area contributed by atoms with E-state index in [1.54, 1.807) is 0 Å². The lowest BCUT2D eigenvalue weighted by molar-refractivity contribution is 1.28. The van der Waals surface area contributed by atoms with Crippen molar-refractivity contribution in [3.05, 3.63) is 200 Å². The minimum absolute atomic E-state index is 1.11. The largest absolute Gasteiger partial charge is 0.310 e. The Morgan fingerprint density at radius 3 is 1.73 bits per heavy atom. The van der Waals surface area contributed by atoms with Crippen LogP contribution in [0.25, 0.3) is 75.1 Å². The van der Waals surface area contributed by atoms with Crippen LogP contribution in [0.15, 0.2) is 200 Å².